The van der Waals surface area contributed by atoms with Crippen molar-refractivity contribution < 1.29 is 9.90 Å². The van der Waals surface area contributed by atoms with Crippen LogP contribution in [-0.2, 0) is 4.79 Å². The summed E-state index contributed by atoms with van der Waals surface area (Å²) in [6.45, 7) is 5.67. The molecule has 2 nitrogen and oxygen atoms in total. The molecular formula is C10H18O2. The number of Topliss-reactive ketones (excluding diaryl/α,β-unsaturated/α-hetero) is 1. The van der Waals surface area contributed by atoms with E-state index in [0.29, 0.717) is 24.5 Å². The van der Waals surface area contributed by atoms with E-state index in [4.69, 9.17) is 0 Å². The van der Waals surface area contributed by atoms with Gasteiger partial charge in [-0.05, 0) is 32.1 Å². The van der Waals surface area contributed by atoms with Crippen LogP contribution in [0.5, 0.6) is 0 Å². The highest BCUT2D eigenvalue weighted by molar-refractivity contribution is 5.79. The van der Waals surface area contributed by atoms with Crippen LogP contribution in [0.2, 0.25) is 0 Å². The molecule has 0 spiro atoms. The number of aliphatic hydroxyl groups is 1. The second-order valence-electron chi connectivity index (χ2n) is 4.64. The molecule has 1 rings (SSSR count). The number of ketones is 1. The van der Waals surface area contributed by atoms with Gasteiger partial charge >= 0.3 is 0 Å². The summed E-state index contributed by atoms with van der Waals surface area (Å²) in [5.41, 5.74) is -0.690. The number of carbonyl (C=O) groups is 1. The molecule has 0 aliphatic heterocycles. The van der Waals surface area contributed by atoms with Crippen molar-refractivity contribution in [1.82, 2.24) is 0 Å². The largest absolute Gasteiger partial charge is 0.390 e. The minimum absolute atomic E-state index is 0.161. The van der Waals surface area contributed by atoms with Crippen molar-refractivity contribution in [2.45, 2.75) is 45.6 Å². The van der Waals surface area contributed by atoms with Crippen LogP contribution in [0.3, 0.4) is 0 Å². The van der Waals surface area contributed by atoms with E-state index < -0.39 is 5.60 Å². The van der Waals surface area contributed by atoms with Gasteiger partial charge in [0.1, 0.15) is 5.78 Å². The van der Waals surface area contributed by atoms with E-state index in [1.165, 1.54) is 0 Å². The van der Waals surface area contributed by atoms with E-state index in [9.17, 15) is 9.90 Å². The first-order valence-corrected chi connectivity index (χ1v) is 4.63. The summed E-state index contributed by atoms with van der Waals surface area (Å²) in [4.78, 5) is 11.2. The van der Waals surface area contributed by atoms with E-state index in [0.717, 1.165) is 6.42 Å². The Kier molecular flexibility index (Phi) is 2.57. The molecule has 0 unspecified atom stereocenters. The van der Waals surface area contributed by atoms with Gasteiger partial charge in [-0.1, -0.05) is 6.92 Å². The Morgan fingerprint density at radius 1 is 1.42 bits per heavy atom. The average Bonchev–Trinajstić information content (AvgIpc) is 1.82. The number of hydrogen-bond acceptors (Lipinski definition) is 2. The summed E-state index contributed by atoms with van der Waals surface area (Å²) >= 11 is 0. The zero-order valence-electron chi connectivity index (χ0n) is 8.13. The normalized spacial score (nSPS) is 32.2. The maximum atomic E-state index is 11.2. The van der Waals surface area contributed by atoms with E-state index in [1.807, 2.05) is 0 Å². The highest BCUT2D eigenvalue weighted by Gasteiger charge is 2.33. The third-order valence-electron chi connectivity index (χ3n) is 2.74. The molecule has 0 aromatic rings. The van der Waals surface area contributed by atoms with Crippen LogP contribution < -0.4 is 0 Å². The second-order valence-corrected chi connectivity index (χ2v) is 4.64. The lowest BCUT2D eigenvalue weighted by atomic mass is 9.74. The molecule has 0 saturated heterocycles. The SMILES string of the molecule is C[C@H]1CC(=O)C[C@@H](C(C)(C)O)C1. The van der Waals surface area contributed by atoms with E-state index in [1.54, 1.807) is 13.8 Å². The van der Waals surface area contributed by atoms with Crippen molar-refractivity contribution in [2.75, 3.05) is 0 Å². The molecular weight excluding hydrogens is 152 g/mol. The first-order chi connectivity index (χ1) is 5.39. The molecule has 1 aliphatic carbocycles. The van der Waals surface area contributed by atoms with Crippen molar-refractivity contribution in [3.63, 3.8) is 0 Å². The minimum Gasteiger partial charge on any atom is -0.390 e. The van der Waals surface area contributed by atoms with Crippen LogP contribution in [0.15, 0.2) is 0 Å². The third-order valence-corrected chi connectivity index (χ3v) is 2.74. The molecule has 0 heterocycles. The Bertz CT molecular complexity index is 179. The van der Waals surface area contributed by atoms with Crippen LogP contribution >= 0.6 is 0 Å². The molecule has 0 amide bonds. The lowest BCUT2D eigenvalue weighted by Crippen LogP contribution is -2.37. The van der Waals surface area contributed by atoms with Gasteiger partial charge in [-0.25, -0.2) is 0 Å². The molecule has 0 bridgehead atoms. The smallest absolute Gasteiger partial charge is 0.133 e. The van der Waals surface area contributed by atoms with E-state index in [2.05, 4.69) is 6.92 Å². The Hall–Kier alpha value is -0.370. The van der Waals surface area contributed by atoms with Crippen molar-refractivity contribution in [3.05, 3.63) is 0 Å². The third kappa shape index (κ3) is 2.31. The summed E-state index contributed by atoms with van der Waals surface area (Å²) in [5, 5.41) is 9.73. The molecule has 0 radical (unpaired) electrons. The zero-order chi connectivity index (χ0) is 9.35. The molecule has 70 valence electrons. The Morgan fingerprint density at radius 3 is 2.42 bits per heavy atom. The standard InChI is InChI=1S/C10H18O2/c1-7-4-8(10(2,3)12)6-9(11)5-7/h7-8,12H,4-6H2,1-3H3/t7-,8+/m1/s1. The Morgan fingerprint density at radius 2 is 2.00 bits per heavy atom. The molecule has 1 saturated carbocycles. The minimum atomic E-state index is -0.690. The maximum absolute atomic E-state index is 11.2. The second kappa shape index (κ2) is 3.17. The van der Waals surface area contributed by atoms with Gasteiger partial charge in [-0.3, -0.25) is 4.79 Å². The fourth-order valence-electron chi connectivity index (χ4n) is 1.94. The number of carbonyl (C=O) groups excluding carboxylic acids is 1. The quantitative estimate of drug-likeness (QED) is 0.651. The van der Waals surface area contributed by atoms with Gasteiger partial charge in [0.05, 0.1) is 5.60 Å². The lowest BCUT2D eigenvalue weighted by molar-refractivity contribution is -0.126. The summed E-state index contributed by atoms with van der Waals surface area (Å²) in [7, 11) is 0. The van der Waals surface area contributed by atoms with Gasteiger partial charge in [0.2, 0.25) is 0 Å². The molecule has 0 aromatic heterocycles. The number of rotatable bonds is 1. The van der Waals surface area contributed by atoms with Gasteiger partial charge in [-0.15, -0.1) is 0 Å². The maximum Gasteiger partial charge on any atom is 0.133 e. The Balaban J connectivity index is 2.62. The van der Waals surface area contributed by atoms with Crippen molar-refractivity contribution in [1.29, 1.82) is 0 Å². The average molecular weight is 170 g/mol. The summed E-state index contributed by atoms with van der Waals surface area (Å²) in [5.74, 6) is 0.914. The van der Waals surface area contributed by atoms with Crippen LogP contribution in [-0.4, -0.2) is 16.5 Å². The van der Waals surface area contributed by atoms with Gasteiger partial charge in [0.25, 0.3) is 0 Å². The van der Waals surface area contributed by atoms with Crippen LogP contribution in [0, 0.1) is 11.8 Å². The van der Waals surface area contributed by atoms with E-state index >= 15 is 0 Å². The molecule has 1 aliphatic rings. The van der Waals surface area contributed by atoms with Crippen molar-refractivity contribution >= 4 is 5.78 Å². The van der Waals surface area contributed by atoms with Gasteiger partial charge in [0.15, 0.2) is 0 Å². The lowest BCUT2D eigenvalue weighted by Gasteiger charge is -2.34. The monoisotopic (exact) mass is 170 g/mol. The Labute approximate surface area is 74.0 Å². The molecule has 1 fully saturated rings. The van der Waals surface area contributed by atoms with Gasteiger partial charge in [-0.2, -0.15) is 0 Å². The van der Waals surface area contributed by atoms with Gasteiger partial charge in [0, 0.05) is 12.8 Å². The van der Waals surface area contributed by atoms with Crippen molar-refractivity contribution in [3.8, 4) is 0 Å². The molecule has 2 heteroatoms. The van der Waals surface area contributed by atoms with Crippen LogP contribution in [0.4, 0.5) is 0 Å². The fraction of sp³-hybridized carbons (Fsp3) is 0.900. The molecule has 12 heavy (non-hydrogen) atoms. The summed E-state index contributed by atoms with van der Waals surface area (Å²) < 4.78 is 0. The van der Waals surface area contributed by atoms with Crippen LogP contribution in [0.25, 0.3) is 0 Å². The zero-order valence-corrected chi connectivity index (χ0v) is 8.13. The molecule has 1 N–H and O–H groups in total. The molecule has 0 aromatic carbocycles. The topological polar surface area (TPSA) is 37.3 Å². The first-order valence-electron chi connectivity index (χ1n) is 4.63. The molecule has 2 atom stereocenters. The predicted octanol–water partition coefficient (Wildman–Crippen LogP) is 1.76. The van der Waals surface area contributed by atoms with Crippen LogP contribution in [0.1, 0.15) is 40.0 Å². The highest BCUT2D eigenvalue weighted by atomic mass is 16.3. The van der Waals surface area contributed by atoms with E-state index in [-0.39, 0.29) is 5.92 Å². The number of hydrogen-bond donors (Lipinski definition) is 1. The summed E-state index contributed by atoms with van der Waals surface area (Å²) in [6.07, 6.45) is 2.25. The first kappa shape index (κ1) is 9.72. The predicted molar refractivity (Wildman–Crippen MR) is 47.8 cm³/mol. The van der Waals surface area contributed by atoms with Gasteiger partial charge < -0.3 is 5.11 Å². The highest BCUT2D eigenvalue weighted by Crippen LogP contribution is 2.33. The summed E-state index contributed by atoms with van der Waals surface area (Å²) in [6, 6.07) is 0. The van der Waals surface area contributed by atoms with Crippen molar-refractivity contribution in [2.24, 2.45) is 11.8 Å². The fourth-order valence-corrected chi connectivity index (χ4v) is 1.94.